The van der Waals surface area contributed by atoms with Crippen LogP contribution in [0.15, 0.2) is 71.1 Å². The molecule has 0 saturated carbocycles. The average Bonchev–Trinajstić information content (AvgIpc) is 3.40. The number of aromatic nitrogens is 3. The molecule has 1 N–H and O–H groups in total. The van der Waals surface area contributed by atoms with Crippen molar-refractivity contribution in [2.75, 3.05) is 5.43 Å². The van der Waals surface area contributed by atoms with Gasteiger partial charge in [0, 0.05) is 21.5 Å². The third kappa shape index (κ3) is 3.73. The van der Waals surface area contributed by atoms with Gasteiger partial charge < -0.3 is 0 Å². The van der Waals surface area contributed by atoms with Crippen LogP contribution in [-0.4, -0.2) is 20.6 Å². The summed E-state index contributed by atoms with van der Waals surface area (Å²) in [6.45, 7) is 1.76. The van der Waals surface area contributed by atoms with Crippen molar-refractivity contribution in [2.24, 2.45) is 0 Å². The number of thiophene rings is 1. The third-order valence-corrected chi connectivity index (χ3v) is 7.20. The number of aryl methyl sites for hydroxylation is 1. The van der Waals surface area contributed by atoms with Crippen LogP contribution in [0.5, 0.6) is 0 Å². The summed E-state index contributed by atoms with van der Waals surface area (Å²) in [6.07, 6.45) is 1.34. The Morgan fingerprint density at radius 2 is 1.88 bits per heavy atom. The van der Waals surface area contributed by atoms with Gasteiger partial charge in [0.1, 0.15) is 21.0 Å². The lowest BCUT2D eigenvalue weighted by atomic mass is 10.1. The van der Waals surface area contributed by atoms with Crippen LogP contribution in [0.25, 0.3) is 31.9 Å². The van der Waals surface area contributed by atoms with Crippen molar-refractivity contribution < 1.29 is 4.79 Å². The molecule has 9 heteroatoms. The molecular formula is C23H15ClN4O2S2. The van der Waals surface area contributed by atoms with Gasteiger partial charge >= 0.3 is 0 Å². The summed E-state index contributed by atoms with van der Waals surface area (Å²) in [5.74, 6) is -0.423. The SMILES string of the molecule is Cc1nc(-c2cccc(Cl)c2)sc1C(=O)Nn1cnc2scc(-c3ccccc3)c2c1=O. The van der Waals surface area contributed by atoms with Crippen molar-refractivity contribution in [3.8, 4) is 21.7 Å². The van der Waals surface area contributed by atoms with E-state index in [1.165, 1.54) is 29.0 Å². The van der Waals surface area contributed by atoms with Crippen LogP contribution in [-0.2, 0) is 0 Å². The molecule has 1 amide bonds. The van der Waals surface area contributed by atoms with Gasteiger partial charge in [0.2, 0.25) is 0 Å². The first-order valence-electron chi connectivity index (χ1n) is 9.60. The first-order valence-corrected chi connectivity index (χ1v) is 11.7. The van der Waals surface area contributed by atoms with Crippen LogP contribution in [0.3, 0.4) is 0 Å². The molecule has 0 spiro atoms. The largest absolute Gasteiger partial charge is 0.282 e. The highest BCUT2D eigenvalue weighted by Gasteiger charge is 2.19. The maximum atomic E-state index is 13.2. The lowest BCUT2D eigenvalue weighted by molar-refractivity contribution is 0.101. The molecule has 0 unspecified atom stereocenters. The van der Waals surface area contributed by atoms with Gasteiger partial charge in [0.15, 0.2) is 0 Å². The van der Waals surface area contributed by atoms with Gasteiger partial charge in [-0.1, -0.05) is 54.1 Å². The molecule has 6 nitrogen and oxygen atoms in total. The zero-order valence-corrected chi connectivity index (χ0v) is 19.1. The number of fused-ring (bicyclic) bond motifs is 1. The standard InChI is InChI=1S/C23H15ClN4O2S2/c1-13-19(32-21(26-13)15-8-5-9-16(24)10-15)20(29)27-28-12-25-22-18(23(28)30)17(11-31-22)14-6-3-2-4-7-14/h2-12H,1H3,(H,27,29). The van der Waals surface area contributed by atoms with E-state index in [1.807, 2.05) is 47.8 Å². The van der Waals surface area contributed by atoms with E-state index >= 15 is 0 Å². The van der Waals surface area contributed by atoms with E-state index in [4.69, 9.17) is 11.6 Å². The zero-order chi connectivity index (χ0) is 22.2. The fraction of sp³-hybridized carbons (Fsp3) is 0.0435. The van der Waals surface area contributed by atoms with Gasteiger partial charge in [0.25, 0.3) is 11.5 Å². The Bertz CT molecular complexity index is 1520. The van der Waals surface area contributed by atoms with Crippen molar-refractivity contribution >= 4 is 50.4 Å². The number of hydrogen-bond acceptors (Lipinski definition) is 6. The molecular weight excluding hydrogens is 464 g/mol. The number of rotatable bonds is 4. The second-order valence-corrected chi connectivity index (χ2v) is 9.29. The number of hydrogen-bond donors (Lipinski definition) is 1. The third-order valence-electron chi connectivity index (χ3n) is 4.88. The van der Waals surface area contributed by atoms with Crippen LogP contribution in [0.1, 0.15) is 15.4 Å². The van der Waals surface area contributed by atoms with E-state index in [1.54, 1.807) is 19.1 Å². The number of thiazole rings is 1. The maximum Gasteiger partial charge on any atom is 0.282 e. The van der Waals surface area contributed by atoms with E-state index in [0.29, 0.717) is 30.8 Å². The van der Waals surface area contributed by atoms with Crippen molar-refractivity contribution in [3.63, 3.8) is 0 Å². The highest BCUT2D eigenvalue weighted by atomic mass is 35.5. The highest BCUT2D eigenvalue weighted by molar-refractivity contribution is 7.17. The van der Waals surface area contributed by atoms with Crippen molar-refractivity contribution in [3.05, 3.63) is 92.3 Å². The molecule has 0 aliphatic carbocycles. The number of nitrogens with zero attached hydrogens (tertiary/aromatic N) is 3. The Balaban J connectivity index is 1.49. The minimum absolute atomic E-state index is 0.333. The van der Waals surface area contributed by atoms with E-state index < -0.39 is 5.91 Å². The number of carbonyl (C=O) groups is 1. The molecule has 0 aliphatic rings. The fourth-order valence-corrected chi connectivity index (χ4v) is 5.40. The fourth-order valence-electron chi connectivity index (χ4n) is 3.35. The summed E-state index contributed by atoms with van der Waals surface area (Å²) in [5, 5.41) is 3.66. The maximum absolute atomic E-state index is 13.2. The first-order chi connectivity index (χ1) is 15.5. The molecule has 0 bridgehead atoms. The number of halogens is 1. The van der Waals surface area contributed by atoms with E-state index in [0.717, 1.165) is 21.4 Å². The summed E-state index contributed by atoms with van der Waals surface area (Å²) >= 11 is 8.72. The van der Waals surface area contributed by atoms with Crippen LogP contribution in [0, 0.1) is 6.92 Å². The molecule has 0 aliphatic heterocycles. The van der Waals surface area contributed by atoms with Crippen LogP contribution in [0.2, 0.25) is 5.02 Å². The van der Waals surface area contributed by atoms with Gasteiger partial charge in [-0.25, -0.2) is 14.6 Å². The summed E-state index contributed by atoms with van der Waals surface area (Å²) in [4.78, 5) is 36.1. The van der Waals surface area contributed by atoms with Crippen LogP contribution >= 0.6 is 34.3 Å². The average molecular weight is 479 g/mol. The van der Waals surface area contributed by atoms with Crippen LogP contribution < -0.4 is 11.0 Å². The number of nitrogens with one attached hydrogen (secondary N) is 1. The molecule has 5 aromatic rings. The lowest BCUT2D eigenvalue weighted by Gasteiger charge is -2.07. The number of carbonyl (C=O) groups excluding carboxylic acids is 1. The minimum Gasteiger partial charge on any atom is -0.267 e. The Hall–Kier alpha value is -3.33. The highest BCUT2D eigenvalue weighted by Crippen LogP contribution is 2.31. The molecule has 0 atom stereocenters. The molecule has 158 valence electrons. The smallest absolute Gasteiger partial charge is 0.267 e. The summed E-state index contributed by atoms with van der Waals surface area (Å²) < 4.78 is 1.13. The van der Waals surface area contributed by atoms with Gasteiger partial charge in [-0.15, -0.1) is 22.7 Å². The predicted octanol–water partition coefficient (Wildman–Crippen LogP) is 5.59. The van der Waals surface area contributed by atoms with E-state index in [2.05, 4.69) is 15.4 Å². The molecule has 0 fully saturated rings. The van der Waals surface area contributed by atoms with Crippen molar-refractivity contribution in [1.82, 2.24) is 14.6 Å². The molecule has 3 heterocycles. The molecule has 32 heavy (non-hydrogen) atoms. The van der Waals surface area contributed by atoms with Crippen LogP contribution in [0.4, 0.5) is 0 Å². The van der Waals surface area contributed by atoms with Gasteiger partial charge in [-0.3, -0.25) is 15.0 Å². The van der Waals surface area contributed by atoms with Gasteiger partial charge in [0.05, 0.1) is 11.1 Å². The number of benzene rings is 2. The van der Waals surface area contributed by atoms with Gasteiger partial charge in [-0.05, 0) is 24.6 Å². The molecule has 0 radical (unpaired) electrons. The monoisotopic (exact) mass is 478 g/mol. The summed E-state index contributed by atoms with van der Waals surface area (Å²) in [5.41, 5.74) is 5.44. The topological polar surface area (TPSA) is 76.9 Å². The predicted molar refractivity (Wildman–Crippen MR) is 130 cm³/mol. The van der Waals surface area contributed by atoms with Gasteiger partial charge in [-0.2, -0.15) is 0 Å². The quantitative estimate of drug-likeness (QED) is 0.365. The molecule has 0 saturated heterocycles. The second-order valence-electron chi connectivity index (χ2n) is 7.00. The molecule has 2 aromatic carbocycles. The lowest BCUT2D eigenvalue weighted by Crippen LogP contribution is -2.33. The Morgan fingerprint density at radius 3 is 2.66 bits per heavy atom. The molecule has 3 aromatic heterocycles. The van der Waals surface area contributed by atoms with E-state index in [-0.39, 0.29) is 5.56 Å². The zero-order valence-electron chi connectivity index (χ0n) is 16.7. The Morgan fingerprint density at radius 1 is 1.09 bits per heavy atom. The summed E-state index contributed by atoms with van der Waals surface area (Å²) in [7, 11) is 0. The Kier molecular flexibility index (Phi) is 5.34. The minimum atomic E-state index is -0.423. The normalized spacial score (nSPS) is 11.1. The Labute approximate surface area is 195 Å². The number of amides is 1. The summed E-state index contributed by atoms with van der Waals surface area (Å²) in [6, 6.07) is 16.9. The molecule has 5 rings (SSSR count). The van der Waals surface area contributed by atoms with Crippen molar-refractivity contribution in [2.45, 2.75) is 6.92 Å². The van der Waals surface area contributed by atoms with Crippen molar-refractivity contribution in [1.29, 1.82) is 0 Å². The second kappa shape index (κ2) is 8.31. The van der Waals surface area contributed by atoms with E-state index in [9.17, 15) is 9.59 Å². The first kappa shape index (κ1) is 20.6.